The predicted octanol–water partition coefficient (Wildman–Crippen LogP) is 4.21. The third-order valence-corrected chi connectivity index (χ3v) is 3.78. The number of amides is 1. The maximum atomic E-state index is 13.2. The molecular weight excluding hydrogens is 305 g/mol. The van der Waals surface area contributed by atoms with Gasteiger partial charge in [0.05, 0.1) is 9.35 Å². The first-order valence-electron chi connectivity index (χ1n) is 4.89. The van der Waals surface area contributed by atoms with Crippen molar-refractivity contribution >= 4 is 38.9 Å². The Morgan fingerprint density at radius 1 is 1.35 bits per heavy atom. The van der Waals surface area contributed by atoms with Crippen LogP contribution in [-0.2, 0) is 0 Å². The molecule has 0 bridgehead atoms. The van der Waals surface area contributed by atoms with Crippen LogP contribution in [0.1, 0.15) is 14.5 Å². The summed E-state index contributed by atoms with van der Waals surface area (Å²) in [4.78, 5) is 13.5. The minimum absolute atomic E-state index is 0.218. The van der Waals surface area contributed by atoms with Gasteiger partial charge in [-0.2, -0.15) is 0 Å². The lowest BCUT2D eigenvalue weighted by Crippen LogP contribution is -2.10. The van der Waals surface area contributed by atoms with Crippen molar-refractivity contribution in [3.63, 3.8) is 0 Å². The molecule has 2 nitrogen and oxygen atoms in total. The van der Waals surface area contributed by atoms with Crippen LogP contribution in [0.5, 0.6) is 0 Å². The van der Waals surface area contributed by atoms with Gasteiger partial charge in [-0.1, -0.05) is 0 Å². The van der Waals surface area contributed by atoms with Crippen LogP contribution < -0.4 is 5.32 Å². The van der Waals surface area contributed by atoms with E-state index in [0.29, 0.717) is 15.0 Å². The summed E-state index contributed by atoms with van der Waals surface area (Å²) in [5.74, 6) is -0.616. The third kappa shape index (κ3) is 2.92. The molecule has 0 radical (unpaired) electrons. The van der Waals surface area contributed by atoms with Crippen LogP contribution in [0.25, 0.3) is 0 Å². The van der Waals surface area contributed by atoms with Crippen molar-refractivity contribution in [1.29, 1.82) is 0 Å². The van der Waals surface area contributed by atoms with E-state index >= 15 is 0 Å². The highest BCUT2D eigenvalue weighted by molar-refractivity contribution is 9.10. The van der Waals surface area contributed by atoms with Crippen LogP contribution in [0.2, 0.25) is 0 Å². The third-order valence-electron chi connectivity index (χ3n) is 2.14. The second kappa shape index (κ2) is 4.98. The Kier molecular flexibility index (Phi) is 3.59. The van der Waals surface area contributed by atoms with E-state index in [1.807, 2.05) is 13.0 Å². The largest absolute Gasteiger partial charge is 0.321 e. The van der Waals surface area contributed by atoms with Crippen molar-refractivity contribution in [3.8, 4) is 0 Å². The number of nitrogens with one attached hydrogen (secondary N) is 1. The highest BCUT2D eigenvalue weighted by Gasteiger charge is 2.09. The molecule has 0 atom stereocenters. The molecule has 0 aliphatic rings. The first kappa shape index (κ1) is 12.3. The van der Waals surface area contributed by atoms with Crippen molar-refractivity contribution in [2.24, 2.45) is 0 Å². The first-order valence-corrected chi connectivity index (χ1v) is 6.50. The molecule has 1 heterocycles. The van der Waals surface area contributed by atoms with Gasteiger partial charge in [-0.15, -0.1) is 11.3 Å². The van der Waals surface area contributed by atoms with Crippen LogP contribution in [-0.4, -0.2) is 5.91 Å². The Morgan fingerprint density at radius 2 is 2.12 bits per heavy atom. The molecule has 0 aliphatic heterocycles. The zero-order valence-electron chi connectivity index (χ0n) is 8.96. The number of anilines is 1. The minimum atomic E-state index is -0.398. The van der Waals surface area contributed by atoms with Gasteiger partial charge in [-0.05, 0) is 53.2 Å². The average Bonchev–Trinajstić information content (AvgIpc) is 2.70. The summed E-state index contributed by atoms with van der Waals surface area (Å²) >= 11 is 4.47. The molecule has 0 unspecified atom stereocenters. The molecule has 0 saturated carbocycles. The zero-order chi connectivity index (χ0) is 12.4. The van der Waals surface area contributed by atoms with Gasteiger partial charge in [0.15, 0.2) is 0 Å². The van der Waals surface area contributed by atoms with Gasteiger partial charge in [0.1, 0.15) is 5.82 Å². The number of carbonyl (C=O) groups is 1. The van der Waals surface area contributed by atoms with Gasteiger partial charge in [0, 0.05) is 10.6 Å². The molecule has 2 aromatic rings. The molecule has 5 heteroatoms. The van der Waals surface area contributed by atoms with E-state index < -0.39 is 5.82 Å². The normalized spacial score (nSPS) is 10.3. The number of carbonyl (C=O) groups excluding carboxylic acids is 1. The highest BCUT2D eigenvalue weighted by atomic mass is 79.9. The number of benzene rings is 1. The second-order valence-electron chi connectivity index (χ2n) is 3.49. The molecule has 0 aliphatic carbocycles. The van der Waals surface area contributed by atoms with Crippen molar-refractivity contribution in [2.75, 3.05) is 5.32 Å². The molecule has 0 saturated heterocycles. The Balaban J connectivity index is 2.15. The van der Waals surface area contributed by atoms with Gasteiger partial charge >= 0.3 is 0 Å². The quantitative estimate of drug-likeness (QED) is 0.884. The Bertz CT molecular complexity index is 567. The number of hydrogen-bond acceptors (Lipinski definition) is 2. The monoisotopic (exact) mass is 313 g/mol. The van der Waals surface area contributed by atoms with E-state index in [4.69, 9.17) is 0 Å². The van der Waals surface area contributed by atoms with E-state index in [2.05, 4.69) is 21.2 Å². The summed E-state index contributed by atoms with van der Waals surface area (Å²) in [5, 5.41) is 2.65. The van der Waals surface area contributed by atoms with Gasteiger partial charge in [0.2, 0.25) is 0 Å². The van der Waals surface area contributed by atoms with Crippen molar-refractivity contribution < 1.29 is 9.18 Å². The fourth-order valence-corrected chi connectivity index (χ4v) is 2.33. The molecule has 0 fully saturated rings. The lowest BCUT2D eigenvalue weighted by atomic mass is 10.3. The summed E-state index contributed by atoms with van der Waals surface area (Å²) in [6, 6.07) is 8.12. The van der Waals surface area contributed by atoms with Crippen LogP contribution in [0.4, 0.5) is 10.1 Å². The van der Waals surface area contributed by atoms with E-state index in [-0.39, 0.29) is 5.91 Å². The molecule has 2 rings (SSSR count). The van der Waals surface area contributed by atoms with Crippen molar-refractivity contribution in [3.05, 3.63) is 50.4 Å². The lowest BCUT2D eigenvalue weighted by molar-refractivity contribution is 0.103. The van der Waals surface area contributed by atoms with E-state index in [1.54, 1.807) is 18.2 Å². The molecular formula is C12H9BrFNOS. The van der Waals surface area contributed by atoms with Gasteiger partial charge in [-0.25, -0.2) is 4.39 Å². The summed E-state index contributed by atoms with van der Waals surface area (Å²) in [6.07, 6.45) is 0. The fraction of sp³-hybridized carbons (Fsp3) is 0.0833. The summed E-state index contributed by atoms with van der Waals surface area (Å²) in [6.45, 7) is 1.93. The Labute approximate surface area is 111 Å². The van der Waals surface area contributed by atoms with Crippen LogP contribution >= 0.6 is 27.3 Å². The van der Waals surface area contributed by atoms with Crippen LogP contribution in [0.3, 0.4) is 0 Å². The van der Waals surface area contributed by atoms with Crippen molar-refractivity contribution in [1.82, 2.24) is 0 Å². The topological polar surface area (TPSA) is 29.1 Å². The number of halogens is 2. The predicted molar refractivity (Wildman–Crippen MR) is 71.1 cm³/mol. The van der Waals surface area contributed by atoms with Crippen molar-refractivity contribution in [2.45, 2.75) is 6.92 Å². The van der Waals surface area contributed by atoms with Gasteiger partial charge in [0.25, 0.3) is 5.91 Å². The molecule has 0 spiro atoms. The first-order chi connectivity index (χ1) is 8.06. The molecule has 1 N–H and O–H groups in total. The van der Waals surface area contributed by atoms with Gasteiger partial charge < -0.3 is 5.32 Å². The van der Waals surface area contributed by atoms with Gasteiger partial charge in [-0.3, -0.25) is 4.79 Å². The average molecular weight is 314 g/mol. The Hall–Kier alpha value is -1.20. The minimum Gasteiger partial charge on any atom is -0.321 e. The Morgan fingerprint density at radius 3 is 2.71 bits per heavy atom. The number of thiophene rings is 1. The van der Waals surface area contributed by atoms with E-state index in [1.165, 1.54) is 17.4 Å². The highest BCUT2D eigenvalue weighted by Crippen LogP contribution is 2.21. The SMILES string of the molecule is Cc1ccc(C(=O)Nc2ccc(Br)c(F)c2)s1. The smallest absolute Gasteiger partial charge is 0.265 e. The fourth-order valence-electron chi connectivity index (χ4n) is 1.32. The molecule has 1 aromatic carbocycles. The van der Waals surface area contributed by atoms with E-state index in [0.717, 1.165) is 4.88 Å². The maximum Gasteiger partial charge on any atom is 0.265 e. The summed E-state index contributed by atoms with van der Waals surface area (Å²) in [7, 11) is 0. The van der Waals surface area contributed by atoms with Crippen LogP contribution in [0.15, 0.2) is 34.8 Å². The molecule has 17 heavy (non-hydrogen) atoms. The van der Waals surface area contributed by atoms with E-state index in [9.17, 15) is 9.18 Å². The number of rotatable bonds is 2. The molecule has 1 aromatic heterocycles. The summed E-state index contributed by atoms with van der Waals surface area (Å²) < 4.78 is 13.6. The van der Waals surface area contributed by atoms with Crippen LogP contribution in [0, 0.1) is 12.7 Å². The second-order valence-corrected chi connectivity index (χ2v) is 5.64. The molecule has 1 amide bonds. The zero-order valence-corrected chi connectivity index (χ0v) is 11.4. The number of aryl methyl sites for hydroxylation is 1. The molecule has 88 valence electrons. The summed E-state index contributed by atoms with van der Waals surface area (Å²) in [5.41, 5.74) is 0.446. The standard InChI is InChI=1S/C12H9BrFNOS/c1-7-2-5-11(17-7)12(16)15-8-3-4-9(13)10(14)6-8/h2-6H,1H3,(H,15,16). The maximum absolute atomic E-state index is 13.2. The number of hydrogen-bond donors (Lipinski definition) is 1. The lowest BCUT2D eigenvalue weighted by Gasteiger charge is -2.04.